The van der Waals surface area contributed by atoms with Crippen molar-refractivity contribution in [3.8, 4) is 0 Å². The Bertz CT molecular complexity index is 253. The van der Waals surface area contributed by atoms with Gasteiger partial charge in [-0.05, 0) is 0 Å². The van der Waals surface area contributed by atoms with Gasteiger partial charge in [0.05, 0.1) is 5.97 Å². The third-order valence-electron chi connectivity index (χ3n) is 1.25. The van der Waals surface area contributed by atoms with Crippen molar-refractivity contribution >= 4 is 55.6 Å². The van der Waals surface area contributed by atoms with Crippen molar-refractivity contribution in [1.29, 1.82) is 0 Å². The summed E-state index contributed by atoms with van der Waals surface area (Å²) in [5.41, 5.74) is -2.97. The number of aliphatic hydroxyl groups is 1. The van der Waals surface area contributed by atoms with Gasteiger partial charge in [-0.15, -0.1) is 0 Å². The maximum Gasteiger partial charge on any atom is 2.00 e. The van der Waals surface area contributed by atoms with Crippen LogP contribution in [0.1, 0.15) is 12.8 Å². The zero-order chi connectivity index (χ0) is 10.6. The van der Waals surface area contributed by atoms with E-state index in [4.69, 9.17) is 5.11 Å². The number of hydrogen-bond donors (Lipinski definition) is 1. The van der Waals surface area contributed by atoms with Gasteiger partial charge in [0, 0.05) is 24.8 Å². The maximum absolute atomic E-state index is 10.1. The topological polar surface area (TPSA) is 141 Å². The standard InChI is InChI=1S/C6H8O7.Ca.2ClH.3Na/c7-3(8)1-6(13,5(11)12)2-4(9)10;;;;;;/h13H,1-2H2,(H,7,8)(H,9,10)(H,11,12);;2*1H;;;/q;+2;;;3*+1/p-5. The Labute approximate surface area is 218 Å². The van der Waals surface area contributed by atoms with Gasteiger partial charge in [0.2, 0.25) is 0 Å². The van der Waals surface area contributed by atoms with Gasteiger partial charge < -0.3 is 59.6 Å². The van der Waals surface area contributed by atoms with Crippen molar-refractivity contribution in [2.24, 2.45) is 0 Å². The molecule has 0 saturated carbocycles. The summed E-state index contributed by atoms with van der Waals surface area (Å²) in [7, 11) is 0. The normalized spacial score (nSPS) is 7.42. The zero-order valence-electron chi connectivity index (χ0n) is 10.8. The molecule has 0 heterocycles. The first-order valence-electron chi connectivity index (χ1n) is 3.11. The van der Waals surface area contributed by atoms with Gasteiger partial charge in [-0.3, -0.25) is 0 Å². The Morgan fingerprint density at radius 1 is 0.842 bits per heavy atom. The fraction of sp³-hybridized carbons (Fsp3) is 0.500. The van der Waals surface area contributed by atoms with Crippen LogP contribution in [0.15, 0.2) is 0 Å². The van der Waals surface area contributed by atoms with E-state index in [1.165, 1.54) is 0 Å². The third-order valence-corrected chi connectivity index (χ3v) is 1.25. The largest absolute Gasteiger partial charge is 2.00 e. The average molecular weight is 369 g/mol. The van der Waals surface area contributed by atoms with Crippen molar-refractivity contribution in [3.63, 3.8) is 0 Å². The van der Waals surface area contributed by atoms with E-state index in [0.717, 1.165) is 0 Å². The van der Waals surface area contributed by atoms with E-state index in [-0.39, 0.29) is 151 Å². The van der Waals surface area contributed by atoms with Gasteiger partial charge in [0.25, 0.3) is 0 Å². The predicted octanol–water partition coefficient (Wildman–Crippen LogP) is -20.6. The smallest absolute Gasteiger partial charge is 1.00 e. The molecule has 90 valence electrons. The molecule has 0 aliphatic rings. The molecule has 0 unspecified atom stereocenters. The van der Waals surface area contributed by atoms with Crippen LogP contribution in [-0.4, -0.2) is 66.4 Å². The number of aliphatic carboxylic acids is 3. The fourth-order valence-corrected chi connectivity index (χ4v) is 0.684. The molecule has 0 bridgehead atoms. The first-order valence-corrected chi connectivity index (χ1v) is 3.11. The Morgan fingerprint density at radius 3 is 1.16 bits per heavy atom. The number of carbonyl (C=O) groups is 3. The molecule has 0 spiro atoms. The van der Waals surface area contributed by atoms with Crippen LogP contribution in [0.2, 0.25) is 0 Å². The number of carboxylic acid groups (broad SMARTS) is 3. The first-order chi connectivity index (χ1) is 5.78. The maximum atomic E-state index is 10.1. The molecule has 0 aromatic carbocycles. The Hall–Kier alpha value is 3.21. The molecule has 13 heteroatoms. The molecule has 0 aliphatic heterocycles. The van der Waals surface area contributed by atoms with Gasteiger partial charge >= 0.3 is 126 Å². The molecule has 0 rings (SSSR count). The van der Waals surface area contributed by atoms with Crippen molar-refractivity contribution < 1.29 is 148 Å². The van der Waals surface area contributed by atoms with Gasteiger partial charge in [0.1, 0.15) is 5.60 Å². The van der Waals surface area contributed by atoms with Crippen LogP contribution >= 0.6 is 0 Å². The summed E-state index contributed by atoms with van der Waals surface area (Å²) in [6, 6.07) is 0. The van der Waals surface area contributed by atoms with Crippen LogP contribution in [-0.2, 0) is 14.4 Å². The van der Waals surface area contributed by atoms with Gasteiger partial charge in [-0.1, -0.05) is 0 Å². The van der Waals surface area contributed by atoms with Crippen molar-refractivity contribution in [2.75, 3.05) is 0 Å². The molecule has 0 aliphatic carbocycles. The second-order valence-electron chi connectivity index (χ2n) is 2.42. The fourth-order valence-electron chi connectivity index (χ4n) is 0.684. The molecule has 0 fully saturated rings. The summed E-state index contributed by atoms with van der Waals surface area (Å²) in [5, 5.41) is 38.9. The van der Waals surface area contributed by atoms with Crippen molar-refractivity contribution in [3.05, 3.63) is 0 Å². The molecule has 0 amide bonds. The van der Waals surface area contributed by atoms with Gasteiger partial charge in [-0.25, -0.2) is 0 Å². The average Bonchev–Trinajstić information content (AvgIpc) is 1.82. The monoisotopic (exact) mass is 368 g/mol. The molecule has 0 atom stereocenters. The van der Waals surface area contributed by atoms with Crippen LogP contribution < -0.4 is 129 Å². The predicted molar refractivity (Wildman–Crippen MR) is 35.0 cm³/mol. The van der Waals surface area contributed by atoms with Crippen LogP contribution in [0.3, 0.4) is 0 Å². The van der Waals surface area contributed by atoms with Gasteiger partial charge in [-0.2, -0.15) is 0 Å². The van der Waals surface area contributed by atoms with E-state index in [2.05, 4.69) is 0 Å². The molecule has 7 nitrogen and oxygen atoms in total. The minimum absolute atomic E-state index is 0. The van der Waals surface area contributed by atoms with E-state index in [9.17, 15) is 29.7 Å². The minimum Gasteiger partial charge on any atom is -1.00 e. The molecular weight excluding hydrogens is 364 g/mol. The van der Waals surface area contributed by atoms with Crippen LogP contribution in [0.25, 0.3) is 0 Å². The van der Waals surface area contributed by atoms with Gasteiger partial charge in [0.15, 0.2) is 0 Å². The second kappa shape index (κ2) is 21.2. The summed E-state index contributed by atoms with van der Waals surface area (Å²) < 4.78 is 0. The summed E-state index contributed by atoms with van der Waals surface area (Å²) in [5.74, 6) is -5.98. The number of carboxylic acids is 3. The van der Waals surface area contributed by atoms with Crippen LogP contribution in [0, 0.1) is 0 Å². The molecular formula is C6H5CaCl2Na3O7. The van der Waals surface area contributed by atoms with E-state index >= 15 is 0 Å². The Morgan fingerprint density at radius 2 is 1.05 bits per heavy atom. The minimum atomic E-state index is -2.97. The quantitative estimate of drug-likeness (QED) is 0.475. The number of hydrogen-bond acceptors (Lipinski definition) is 7. The van der Waals surface area contributed by atoms with E-state index < -0.39 is 36.4 Å². The van der Waals surface area contributed by atoms with Crippen molar-refractivity contribution in [1.82, 2.24) is 0 Å². The summed E-state index contributed by atoms with van der Waals surface area (Å²) in [6.07, 6.45) is -2.72. The third kappa shape index (κ3) is 21.2. The summed E-state index contributed by atoms with van der Waals surface area (Å²) in [6.45, 7) is 0. The molecule has 19 heavy (non-hydrogen) atoms. The van der Waals surface area contributed by atoms with Crippen molar-refractivity contribution in [2.45, 2.75) is 18.4 Å². The molecule has 0 saturated heterocycles. The molecule has 0 radical (unpaired) electrons. The number of halogens is 2. The molecule has 0 aromatic rings. The second-order valence-corrected chi connectivity index (χ2v) is 2.42. The Balaban J connectivity index is -0.0000000480. The van der Waals surface area contributed by atoms with E-state index in [1.54, 1.807) is 0 Å². The number of rotatable bonds is 5. The summed E-state index contributed by atoms with van der Waals surface area (Å²) in [4.78, 5) is 30.0. The first kappa shape index (κ1) is 43.2. The van der Waals surface area contributed by atoms with E-state index in [0.29, 0.717) is 0 Å². The SMILES string of the molecule is O=C([O-])CC(O)(CC(=O)[O-])C(=O)[O-].[Ca+2].[Cl-].[Cl-].[Na+].[Na+].[Na+]. The zero-order valence-corrected chi connectivity index (χ0v) is 20.5. The number of carbonyl (C=O) groups excluding carboxylic acids is 3. The summed E-state index contributed by atoms with van der Waals surface area (Å²) >= 11 is 0. The van der Waals surface area contributed by atoms with Crippen LogP contribution in [0.5, 0.6) is 0 Å². The Kier molecular flexibility index (Phi) is 48.2. The molecule has 1 N–H and O–H groups in total. The van der Waals surface area contributed by atoms with E-state index in [1.807, 2.05) is 0 Å². The molecule has 0 aromatic heterocycles. The van der Waals surface area contributed by atoms with Crippen LogP contribution in [0.4, 0.5) is 0 Å².